The first-order chi connectivity index (χ1) is 11.1. The minimum absolute atomic E-state index is 0. The van der Waals surface area contributed by atoms with Gasteiger partial charge in [-0.15, -0.1) is 12.4 Å². The SMILES string of the molecule is CCOc1cccc(CNC(C)C)c1OCc1ccc(C)cc1.Cl. The van der Waals surface area contributed by atoms with E-state index >= 15 is 0 Å². The molecule has 2 aromatic carbocycles. The number of para-hydroxylation sites is 1. The van der Waals surface area contributed by atoms with Gasteiger partial charge in [-0.3, -0.25) is 0 Å². The average molecular weight is 350 g/mol. The number of halogens is 1. The monoisotopic (exact) mass is 349 g/mol. The lowest BCUT2D eigenvalue weighted by Crippen LogP contribution is -2.22. The van der Waals surface area contributed by atoms with Crippen molar-refractivity contribution in [1.82, 2.24) is 5.32 Å². The van der Waals surface area contributed by atoms with Crippen molar-refractivity contribution in [2.75, 3.05) is 6.61 Å². The molecule has 1 N–H and O–H groups in total. The van der Waals surface area contributed by atoms with Gasteiger partial charge in [-0.2, -0.15) is 0 Å². The Morgan fingerprint density at radius 3 is 2.33 bits per heavy atom. The fourth-order valence-electron chi connectivity index (χ4n) is 2.29. The van der Waals surface area contributed by atoms with Crippen molar-refractivity contribution < 1.29 is 9.47 Å². The van der Waals surface area contributed by atoms with Crippen molar-refractivity contribution in [2.24, 2.45) is 0 Å². The fourth-order valence-corrected chi connectivity index (χ4v) is 2.29. The highest BCUT2D eigenvalue weighted by atomic mass is 35.5. The zero-order chi connectivity index (χ0) is 16.7. The Bertz CT molecular complexity index is 612. The largest absolute Gasteiger partial charge is 0.490 e. The van der Waals surface area contributed by atoms with Crippen LogP contribution >= 0.6 is 12.4 Å². The summed E-state index contributed by atoms with van der Waals surface area (Å²) in [5, 5.41) is 3.44. The number of benzene rings is 2. The highest BCUT2D eigenvalue weighted by Gasteiger charge is 2.11. The molecule has 0 heterocycles. The third-order valence-electron chi connectivity index (χ3n) is 3.56. The fraction of sp³-hybridized carbons (Fsp3) is 0.400. The van der Waals surface area contributed by atoms with E-state index in [2.05, 4.69) is 56.4 Å². The summed E-state index contributed by atoms with van der Waals surface area (Å²) in [7, 11) is 0. The summed E-state index contributed by atoms with van der Waals surface area (Å²) in [6, 6.07) is 14.9. The van der Waals surface area contributed by atoms with Gasteiger partial charge in [0.2, 0.25) is 0 Å². The van der Waals surface area contributed by atoms with Crippen LogP contribution in [-0.4, -0.2) is 12.6 Å². The number of nitrogens with one attached hydrogen (secondary N) is 1. The summed E-state index contributed by atoms with van der Waals surface area (Å²) in [6.45, 7) is 10.3. The summed E-state index contributed by atoms with van der Waals surface area (Å²) < 4.78 is 11.9. The lowest BCUT2D eigenvalue weighted by Gasteiger charge is -2.17. The van der Waals surface area contributed by atoms with Gasteiger partial charge in [0.1, 0.15) is 6.61 Å². The Balaban J connectivity index is 0.00000288. The Morgan fingerprint density at radius 2 is 1.71 bits per heavy atom. The van der Waals surface area contributed by atoms with E-state index in [0.717, 1.165) is 29.2 Å². The van der Waals surface area contributed by atoms with Gasteiger partial charge in [-0.25, -0.2) is 0 Å². The van der Waals surface area contributed by atoms with Crippen molar-refractivity contribution in [1.29, 1.82) is 0 Å². The molecule has 0 radical (unpaired) electrons. The first-order valence-electron chi connectivity index (χ1n) is 8.26. The maximum Gasteiger partial charge on any atom is 0.166 e. The minimum atomic E-state index is 0. The zero-order valence-electron chi connectivity index (χ0n) is 15.0. The first kappa shape index (κ1) is 20.3. The molecular weight excluding hydrogens is 322 g/mol. The summed E-state index contributed by atoms with van der Waals surface area (Å²) in [5.74, 6) is 1.64. The lowest BCUT2D eigenvalue weighted by molar-refractivity contribution is 0.266. The Hall–Kier alpha value is -1.71. The molecule has 2 aromatic rings. The lowest BCUT2D eigenvalue weighted by atomic mass is 10.1. The van der Waals surface area contributed by atoms with Crippen LogP contribution in [0.3, 0.4) is 0 Å². The molecule has 0 fully saturated rings. The highest BCUT2D eigenvalue weighted by Crippen LogP contribution is 2.32. The molecule has 0 aromatic heterocycles. The zero-order valence-corrected chi connectivity index (χ0v) is 15.8. The second kappa shape index (κ2) is 10.2. The van der Waals surface area contributed by atoms with Crippen LogP contribution < -0.4 is 14.8 Å². The van der Waals surface area contributed by atoms with Crippen molar-refractivity contribution in [3.63, 3.8) is 0 Å². The topological polar surface area (TPSA) is 30.5 Å². The van der Waals surface area contributed by atoms with Gasteiger partial charge >= 0.3 is 0 Å². The standard InChI is InChI=1S/C20H27NO2.ClH/c1-5-22-19-8-6-7-18(13-21-15(2)3)20(19)23-14-17-11-9-16(4)10-12-17;/h6-12,15,21H,5,13-14H2,1-4H3;1H. The van der Waals surface area contributed by atoms with E-state index in [4.69, 9.17) is 9.47 Å². The van der Waals surface area contributed by atoms with E-state index in [1.165, 1.54) is 5.56 Å². The third kappa shape index (κ3) is 6.06. The molecule has 0 atom stereocenters. The van der Waals surface area contributed by atoms with Crippen LogP contribution in [0, 0.1) is 6.92 Å². The van der Waals surface area contributed by atoms with Crippen molar-refractivity contribution in [3.8, 4) is 11.5 Å². The first-order valence-corrected chi connectivity index (χ1v) is 8.26. The molecule has 0 aliphatic heterocycles. The summed E-state index contributed by atoms with van der Waals surface area (Å²) in [6.07, 6.45) is 0. The maximum atomic E-state index is 6.11. The average Bonchev–Trinajstić information content (AvgIpc) is 2.53. The van der Waals surface area contributed by atoms with Gasteiger partial charge in [-0.05, 0) is 25.5 Å². The van der Waals surface area contributed by atoms with E-state index in [-0.39, 0.29) is 12.4 Å². The molecule has 0 spiro atoms. The number of hydrogen-bond acceptors (Lipinski definition) is 3. The van der Waals surface area contributed by atoms with Gasteiger partial charge in [0.15, 0.2) is 11.5 Å². The molecule has 0 saturated carbocycles. The van der Waals surface area contributed by atoms with Gasteiger partial charge < -0.3 is 14.8 Å². The van der Waals surface area contributed by atoms with Crippen molar-refractivity contribution in [2.45, 2.75) is 46.9 Å². The Kier molecular flexibility index (Phi) is 8.66. The van der Waals surface area contributed by atoms with Crippen LogP contribution in [-0.2, 0) is 13.2 Å². The predicted molar refractivity (Wildman–Crippen MR) is 102 cm³/mol. The number of rotatable bonds is 8. The van der Waals surface area contributed by atoms with Crippen LogP contribution in [0.4, 0.5) is 0 Å². The number of ether oxygens (including phenoxy) is 2. The predicted octanol–water partition coefficient (Wildman–Crippen LogP) is 4.89. The molecule has 0 bridgehead atoms. The minimum Gasteiger partial charge on any atom is -0.490 e. The van der Waals surface area contributed by atoms with E-state index in [9.17, 15) is 0 Å². The molecule has 24 heavy (non-hydrogen) atoms. The van der Waals surface area contributed by atoms with E-state index in [0.29, 0.717) is 19.3 Å². The van der Waals surface area contributed by atoms with Crippen LogP contribution in [0.1, 0.15) is 37.5 Å². The third-order valence-corrected chi connectivity index (χ3v) is 3.56. The summed E-state index contributed by atoms with van der Waals surface area (Å²) in [4.78, 5) is 0. The van der Waals surface area contributed by atoms with Crippen molar-refractivity contribution >= 4 is 12.4 Å². The maximum absolute atomic E-state index is 6.11. The molecule has 0 aliphatic rings. The van der Waals surface area contributed by atoms with Crippen LogP contribution in [0.5, 0.6) is 11.5 Å². The molecule has 3 nitrogen and oxygen atoms in total. The van der Waals surface area contributed by atoms with Crippen LogP contribution in [0.25, 0.3) is 0 Å². The van der Waals surface area contributed by atoms with Crippen LogP contribution in [0.2, 0.25) is 0 Å². The van der Waals surface area contributed by atoms with Crippen molar-refractivity contribution in [3.05, 3.63) is 59.2 Å². The molecule has 0 aliphatic carbocycles. The Labute approximate surface area is 151 Å². The Morgan fingerprint density at radius 1 is 1.00 bits per heavy atom. The smallest absolute Gasteiger partial charge is 0.166 e. The molecule has 0 amide bonds. The molecule has 0 saturated heterocycles. The number of aryl methyl sites for hydroxylation is 1. The molecule has 2 rings (SSSR count). The van der Waals surface area contributed by atoms with Gasteiger partial charge in [0.25, 0.3) is 0 Å². The molecule has 0 unspecified atom stereocenters. The van der Waals surface area contributed by atoms with E-state index in [1.807, 2.05) is 19.1 Å². The highest BCUT2D eigenvalue weighted by molar-refractivity contribution is 5.85. The summed E-state index contributed by atoms with van der Waals surface area (Å²) >= 11 is 0. The second-order valence-electron chi connectivity index (χ2n) is 5.99. The van der Waals surface area contributed by atoms with Gasteiger partial charge in [0, 0.05) is 18.2 Å². The molecular formula is C20H28ClNO2. The molecule has 4 heteroatoms. The van der Waals surface area contributed by atoms with E-state index < -0.39 is 0 Å². The van der Waals surface area contributed by atoms with Crippen LogP contribution in [0.15, 0.2) is 42.5 Å². The van der Waals surface area contributed by atoms with Gasteiger partial charge in [-0.1, -0.05) is 55.8 Å². The normalized spacial score (nSPS) is 10.4. The molecule has 132 valence electrons. The second-order valence-corrected chi connectivity index (χ2v) is 5.99. The van der Waals surface area contributed by atoms with E-state index in [1.54, 1.807) is 0 Å². The quantitative estimate of drug-likeness (QED) is 0.735. The number of hydrogen-bond donors (Lipinski definition) is 1. The van der Waals surface area contributed by atoms with Gasteiger partial charge in [0.05, 0.1) is 6.61 Å². The summed E-state index contributed by atoms with van der Waals surface area (Å²) in [5.41, 5.74) is 3.53.